The van der Waals surface area contributed by atoms with E-state index in [1.165, 1.54) is 6.20 Å². The summed E-state index contributed by atoms with van der Waals surface area (Å²) < 4.78 is 5.38. The molecule has 0 aliphatic carbocycles. The Hall–Kier alpha value is -3.50. The van der Waals surface area contributed by atoms with E-state index in [0.717, 1.165) is 51.4 Å². The van der Waals surface area contributed by atoms with Crippen LogP contribution in [0, 0.1) is 0 Å². The lowest BCUT2D eigenvalue weighted by molar-refractivity contribution is 0.0377. The molecule has 1 aromatic carbocycles. The van der Waals surface area contributed by atoms with E-state index < -0.39 is 0 Å². The number of rotatable bonds is 9. The summed E-state index contributed by atoms with van der Waals surface area (Å²) in [6.07, 6.45) is 3.31. The average molecular weight is 481 g/mol. The zero-order valence-corrected chi connectivity index (χ0v) is 20.5. The van der Waals surface area contributed by atoms with E-state index in [0.29, 0.717) is 29.8 Å². The number of hydrogen-bond donors (Lipinski definition) is 4. The average Bonchev–Trinajstić information content (AvgIpc) is 2.88. The van der Waals surface area contributed by atoms with Crippen molar-refractivity contribution in [1.82, 2.24) is 15.2 Å². The number of ether oxygens (including phenoxy) is 1. The summed E-state index contributed by atoms with van der Waals surface area (Å²) in [6.45, 7) is 9.19. The summed E-state index contributed by atoms with van der Waals surface area (Å²) in [7, 11) is 0. The quantitative estimate of drug-likeness (QED) is 0.247. The first-order valence-corrected chi connectivity index (χ1v) is 12.1. The zero-order valence-electron chi connectivity index (χ0n) is 20.5. The zero-order chi connectivity index (χ0) is 24.9. The van der Waals surface area contributed by atoms with Gasteiger partial charge in [0.25, 0.3) is 5.91 Å². The van der Waals surface area contributed by atoms with Gasteiger partial charge in [-0.05, 0) is 44.0 Å². The molecule has 10 nitrogen and oxygen atoms in total. The Labute approximate surface area is 207 Å². The molecule has 1 atom stereocenters. The third-order valence-electron chi connectivity index (χ3n) is 5.51. The van der Waals surface area contributed by atoms with E-state index in [1.807, 2.05) is 37.3 Å². The van der Waals surface area contributed by atoms with Crippen molar-refractivity contribution in [2.45, 2.75) is 32.7 Å². The number of guanidine groups is 2. The largest absolute Gasteiger partial charge is 0.379 e. The molecule has 188 valence electrons. The van der Waals surface area contributed by atoms with Crippen LogP contribution >= 0.6 is 0 Å². The second-order valence-electron chi connectivity index (χ2n) is 8.31. The fourth-order valence-electron chi connectivity index (χ4n) is 3.34. The molecule has 5 N–H and O–H groups in total. The van der Waals surface area contributed by atoms with Crippen LogP contribution < -0.4 is 21.7 Å². The van der Waals surface area contributed by atoms with E-state index in [-0.39, 0.29) is 11.9 Å². The number of carbonyl (C=O) groups excluding carboxylic acids is 1. The van der Waals surface area contributed by atoms with Gasteiger partial charge < -0.3 is 21.1 Å². The maximum absolute atomic E-state index is 12.5. The number of nitrogens with one attached hydrogen (secondary N) is 3. The van der Waals surface area contributed by atoms with Crippen molar-refractivity contribution in [2.75, 3.05) is 50.0 Å². The minimum atomic E-state index is -0.227. The van der Waals surface area contributed by atoms with E-state index in [2.05, 4.69) is 42.7 Å². The molecule has 0 bridgehead atoms. The molecule has 10 heteroatoms. The van der Waals surface area contributed by atoms with Crippen LogP contribution in [0.15, 0.2) is 58.6 Å². The second kappa shape index (κ2) is 14.0. The van der Waals surface area contributed by atoms with Gasteiger partial charge in [0.15, 0.2) is 5.96 Å². The van der Waals surface area contributed by atoms with Crippen LogP contribution in [0.3, 0.4) is 0 Å². The molecule has 1 saturated heterocycles. The van der Waals surface area contributed by atoms with Crippen molar-refractivity contribution in [1.29, 1.82) is 0 Å². The van der Waals surface area contributed by atoms with E-state index >= 15 is 0 Å². The number of carbonyl (C=O) groups is 1. The molecule has 1 aliphatic rings. The number of pyridine rings is 1. The van der Waals surface area contributed by atoms with Crippen molar-refractivity contribution in [3.8, 4) is 0 Å². The van der Waals surface area contributed by atoms with Gasteiger partial charge in [-0.3, -0.25) is 20.0 Å². The van der Waals surface area contributed by atoms with Crippen molar-refractivity contribution in [3.63, 3.8) is 0 Å². The van der Waals surface area contributed by atoms with Crippen LogP contribution in [0.2, 0.25) is 0 Å². The topological polar surface area (TPSA) is 129 Å². The Morgan fingerprint density at radius 2 is 1.94 bits per heavy atom. The van der Waals surface area contributed by atoms with Crippen LogP contribution in [-0.4, -0.2) is 73.1 Å². The number of hydrogen-bond acceptors (Lipinski definition) is 6. The summed E-state index contributed by atoms with van der Waals surface area (Å²) in [6, 6.07) is 12.8. The van der Waals surface area contributed by atoms with E-state index in [4.69, 9.17) is 10.5 Å². The normalized spacial score (nSPS) is 15.9. The van der Waals surface area contributed by atoms with Gasteiger partial charge in [0.2, 0.25) is 5.96 Å². The highest BCUT2D eigenvalue weighted by atomic mass is 16.5. The highest BCUT2D eigenvalue weighted by Gasteiger charge is 2.11. The van der Waals surface area contributed by atoms with Crippen LogP contribution in [0.25, 0.3) is 0 Å². The number of anilines is 2. The maximum Gasteiger partial charge on any atom is 0.257 e. The van der Waals surface area contributed by atoms with Crippen LogP contribution in [0.1, 0.15) is 37.0 Å². The SMILES string of the molecule is CCC(C)N=C(NC(N)=NCCCN1CCOCC1)Nc1ccc(C(=O)Nc2ccccc2)cn1. The minimum Gasteiger partial charge on any atom is -0.379 e. The number of aliphatic imine (C=N–C) groups is 2. The minimum absolute atomic E-state index is 0.0787. The van der Waals surface area contributed by atoms with Crippen LogP contribution in [-0.2, 0) is 4.74 Å². The number of nitrogens with zero attached hydrogens (tertiary/aromatic N) is 4. The van der Waals surface area contributed by atoms with Crippen molar-refractivity contribution >= 4 is 29.3 Å². The molecule has 1 fully saturated rings. The maximum atomic E-state index is 12.5. The number of benzene rings is 1. The van der Waals surface area contributed by atoms with Gasteiger partial charge in [-0.25, -0.2) is 9.98 Å². The number of aromatic nitrogens is 1. The van der Waals surface area contributed by atoms with Gasteiger partial charge in [0.05, 0.1) is 24.8 Å². The lowest BCUT2D eigenvalue weighted by Crippen LogP contribution is -2.42. The smallest absolute Gasteiger partial charge is 0.257 e. The predicted molar refractivity (Wildman–Crippen MR) is 141 cm³/mol. The summed E-state index contributed by atoms with van der Waals surface area (Å²) >= 11 is 0. The Balaban J connectivity index is 1.55. The first-order valence-electron chi connectivity index (χ1n) is 12.1. The number of amides is 1. The Kier molecular flexibility index (Phi) is 10.5. The highest BCUT2D eigenvalue weighted by molar-refractivity contribution is 6.05. The molecule has 1 unspecified atom stereocenters. The lowest BCUT2D eigenvalue weighted by Gasteiger charge is -2.26. The fourth-order valence-corrected chi connectivity index (χ4v) is 3.34. The summed E-state index contributed by atoms with van der Waals surface area (Å²) in [5.41, 5.74) is 7.29. The Morgan fingerprint density at radius 1 is 1.17 bits per heavy atom. The third kappa shape index (κ3) is 9.34. The van der Waals surface area contributed by atoms with Gasteiger partial charge in [-0.15, -0.1) is 0 Å². The molecule has 1 aromatic heterocycles. The molecule has 0 saturated carbocycles. The summed E-state index contributed by atoms with van der Waals surface area (Å²) in [4.78, 5) is 28.3. The number of para-hydroxylation sites is 1. The first-order chi connectivity index (χ1) is 17.0. The Bertz CT molecular complexity index is 973. The Morgan fingerprint density at radius 3 is 2.63 bits per heavy atom. The fraction of sp³-hybridized carbons (Fsp3) is 0.440. The predicted octanol–water partition coefficient (Wildman–Crippen LogP) is 2.53. The monoisotopic (exact) mass is 480 g/mol. The van der Waals surface area contributed by atoms with Crippen LogP contribution in [0.5, 0.6) is 0 Å². The second-order valence-corrected chi connectivity index (χ2v) is 8.31. The van der Waals surface area contributed by atoms with Gasteiger partial charge in [-0.2, -0.15) is 0 Å². The highest BCUT2D eigenvalue weighted by Crippen LogP contribution is 2.10. The molecular weight excluding hydrogens is 444 g/mol. The van der Waals surface area contributed by atoms with Crippen molar-refractivity contribution < 1.29 is 9.53 Å². The molecule has 2 heterocycles. The van der Waals surface area contributed by atoms with E-state index in [9.17, 15) is 4.79 Å². The first kappa shape index (κ1) is 26.1. The molecule has 1 amide bonds. The van der Waals surface area contributed by atoms with Gasteiger partial charge in [-0.1, -0.05) is 25.1 Å². The molecule has 0 radical (unpaired) electrons. The molecular formula is C25H36N8O2. The lowest BCUT2D eigenvalue weighted by atomic mass is 10.2. The number of nitrogens with two attached hydrogens (primary N) is 1. The molecule has 35 heavy (non-hydrogen) atoms. The van der Waals surface area contributed by atoms with Gasteiger partial charge in [0.1, 0.15) is 5.82 Å². The standard InChI is InChI=1S/C25H36N8O2/c1-3-19(2)29-25(32-24(26)27-12-7-13-33-14-16-35-17-15-33)31-22-11-10-20(18-28-22)23(34)30-21-8-5-4-6-9-21/h4-6,8-11,18-19H,3,7,12-17H2,1-2H3,(H,30,34)(H4,26,27,28,29,31,32). The van der Waals surface area contributed by atoms with Crippen LogP contribution in [0.4, 0.5) is 11.5 Å². The van der Waals surface area contributed by atoms with Crippen molar-refractivity contribution in [2.24, 2.45) is 15.7 Å². The van der Waals surface area contributed by atoms with Gasteiger partial charge >= 0.3 is 0 Å². The number of morpholine rings is 1. The van der Waals surface area contributed by atoms with E-state index in [1.54, 1.807) is 12.1 Å². The summed E-state index contributed by atoms with van der Waals surface area (Å²) in [5.74, 6) is 1.06. The molecule has 2 aromatic rings. The summed E-state index contributed by atoms with van der Waals surface area (Å²) in [5, 5.41) is 9.05. The molecule has 3 rings (SSSR count). The molecule has 1 aliphatic heterocycles. The molecule has 0 spiro atoms. The third-order valence-corrected chi connectivity index (χ3v) is 5.51. The van der Waals surface area contributed by atoms with Crippen molar-refractivity contribution in [3.05, 3.63) is 54.2 Å². The van der Waals surface area contributed by atoms with Gasteiger partial charge in [0, 0.05) is 38.1 Å².